The molecule has 0 saturated heterocycles. The number of hydrogen-bond donors (Lipinski definition) is 3. The summed E-state index contributed by atoms with van der Waals surface area (Å²) in [5, 5.41) is 5.53. The average Bonchev–Trinajstić information content (AvgIpc) is 2.38. The van der Waals surface area contributed by atoms with E-state index in [1.807, 2.05) is 24.3 Å². The topological polar surface area (TPSA) is 67.2 Å². The van der Waals surface area contributed by atoms with Gasteiger partial charge in [-0.25, -0.2) is 4.79 Å². The highest BCUT2D eigenvalue weighted by Gasteiger charge is 2.03. The fraction of sp³-hybridized carbons (Fsp3) is 0.133. The Balaban J connectivity index is 2.01. The van der Waals surface area contributed by atoms with Crippen molar-refractivity contribution in [1.82, 2.24) is 0 Å². The first-order valence-electron chi connectivity index (χ1n) is 6.20. The summed E-state index contributed by atoms with van der Waals surface area (Å²) in [6.45, 7) is 2.08. The van der Waals surface area contributed by atoms with Crippen molar-refractivity contribution in [2.75, 3.05) is 16.4 Å². The number of nitrogens with one attached hydrogen (secondary N) is 2. The molecule has 0 bridgehead atoms. The molecule has 0 unspecified atom stereocenters. The predicted molar refractivity (Wildman–Crippen MR) is 79.3 cm³/mol. The van der Waals surface area contributed by atoms with Crippen molar-refractivity contribution in [2.24, 2.45) is 0 Å². The normalized spacial score (nSPS) is 9.95. The van der Waals surface area contributed by atoms with Crippen LogP contribution in [0.15, 0.2) is 48.5 Å². The van der Waals surface area contributed by atoms with Gasteiger partial charge in [0.15, 0.2) is 0 Å². The number of rotatable bonds is 3. The van der Waals surface area contributed by atoms with Gasteiger partial charge in [0.05, 0.1) is 0 Å². The smallest absolute Gasteiger partial charge is 0.323 e. The summed E-state index contributed by atoms with van der Waals surface area (Å²) >= 11 is 0. The fourth-order valence-corrected chi connectivity index (χ4v) is 1.78. The largest absolute Gasteiger partial charge is 0.399 e. The number of hydrogen-bond acceptors (Lipinski definition) is 2. The highest BCUT2D eigenvalue weighted by atomic mass is 16.2. The van der Waals surface area contributed by atoms with Crippen molar-refractivity contribution in [3.63, 3.8) is 0 Å². The predicted octanol–water partition coefficient (Wildman–Crippen LogP) is 3.48. The van der Waals surface area contributed by atoms with Crippen LogP contribution in [0.1, 0.15) is 12.5 Å². The molecule has 2 amide bonds. The Bertz CT molecular complexity index is 581. The van der Waals surface area contributed by atoms with Gasteiger partial charge in [0, 0.05) is 17.1 Å². The van der Waals surface area contributed by atoms with Gasteiger partial charge in [-0.2, -0.15) is 0 Å². The van der Waals surface area contributed by atoms with E-state index in [0.717, 1.165) is 12.1 Å². The van der Waals surface area contributed by atoms with Crippen LogP contribution in [0.3, 0.4) is 0 Å². The van der Waals surface area contributed by atoms with Crippen LogP contribution < -0.4 is 16.4 Å². The van der Waals surface area contributed by atoms with Crippen molar-refractivity contribution in [3.05, 3.63) is 54.1 Å². The molecule has 0 saturated carbocycles. The van der Waals surface area contributed by atoms with E-state index in [4.69, 9.17) is 5.73 Å². The minimum atomic E-state index is -0.279. The Hall–Kier alpha value is -2.49. The number of nitrogen functional groups attached to an aromatic ring is 1. The molecule has 0 aliphatic heterocycles. The van der Waals surface area contributed by atoms with Crippen LogP contribution in [0.5, 0.6) is 0 Å². The van der Waals surface area contributed by atoms with E-state index in [9.17, 15) is 4.79 Å². The molecule has 4 N–H and O–H groups in total. The Morgan fingerprint density at radius 2 is 1.68 bits per heavy atom. The molecule has 2 aromatic rings. The molecule has 0 fully saturated rings. The van der Waals surface area contributed by atoms with Crippen molar-refractivity contribution in [3.8, 4) is 0 Å². The number of benzene rings is 2. The molecule has 0 aliphatic rings. The third-order valence-corrected chi connectivity index (χ3v) is 2.74. The average molecular weight is 255 g/mol. The summed E-state index contributed by atoms with van der Waals surface area (Å²) in [4.78, 5) is 11.8. The summed E-state index contributed by atoms with van der Waals surface area (Å²) in [5.41, 5.74) is 8.90. The second kappa shape index (κ2) is 5.91. The van der Waals surface area contributed by atoms with Gasteiger partial charge in [-0.1, -0.05) is 25.1 Å². The lowest BCUT2D eigenvalue weighted by atomic mass is 10.1. The van der Waals surface area contributed by atoms with Crippen molar-refractivity contribution in [2.45, 2.75) is 13.3 Å². The monoisotopic (exact) mass is 255 g/mol. The number of nitrogens with two attached hydrogens (primary N) is 1. The maximum atomic E-state index is 11.8. The van der Waals surface area contributed by atoms with E-state index in [0.29, 0.717) is 11.4 Å². The summed E-state index contributed by atoms with van der Waals surface area (Å²) in [6, 6.07) is 14.6. The van der Waals surface area contributed by atoms with Crippen LogP contribution in [0.2, 0.25) is 0 Å². The van der Waals surface area contributed by atoms with Crippen molar-refractivity contribution >= 4 is 23.1 Å². The molecule has 0 heterocycles. The van der Waals surface area contributed by atoms with Crippen LogP contribution >= 0.6 is 0 Å². The summed E-state index contributed by atoms with van der Waals surface area (Å²) in [6.07, 6.45) is 0.937. The first-order valence-corrected chi connectivity index (χ1v) is 6.20. The van der Waals surface area contributed by atoms with Gasteiger partial charge in [0.25, 0.3) is 0 Å². The Morgan fingerprint density at radius 1 is 1.05 bits per heavy atom. The SMILES string of the molecule is CCc1cccc(NC(=O)Nc2cccc(N)c2)c1. The lowest BCUT2D eigenvalue weighted by molar-refractivity contribution is 0.262. The number of carbonyl (C=O) groups is 1. The molecule has 4 heteroatoms. The molecular weight excluding hydrogens is 238 g/mol. The Morgan fingerprint density at radius 3 is 2.32 bits per heavy atom. The minimum Gasteiger partial charge on any atom is -0.399 e. The van der Waals surface area contributed by atoms with Crippen LogP contribution in [0, 0.1) is 0 Å². The number of amides is 2. The van der Waals surface area contributed by atoms with Gasteiger partial charge >= 0.3 is 6.03 Å². The number of carbonyl (C=O) groups excluding carboxylic acids is 1. The standard InChI is InChI=1S/C15H17N3O/c1-2-11-5-3-7-13(9-11)17-15(19)18-14-8-4-6-12(16)10-14/h3-10H,2,16H2,1H3,(H2,17,18,19). The minimum absolute atomic E-state index is 0.279. The van der Waals surface area contributed by atoms with E-state index in [-0.39, 0.29) is 6.03 Å². The van der Waals surface area contributed by atoms with Gasteiger partial charge in [-0.3, -0.25) is 0 Å². The highest BCUT2D eigenvalue weighted by molar-refractivity contribution is 6.00. The quantitative estimate of drug-likeness (QED) is 0.735. The third-order valence-electron chi connectivity index (χ3n) is 2.74. The molecule has 0 spiro atoms. The van der Waals surface area contributed by atoms with Gasteiger partial charge in [-0.15, -0.1) is 0 Å². The molecule has 0 aromatic heterocycles. The number of anilines is 3. The van der Waals surface area contributed by atoms with Crippen LogP contribution in [0.4, 0.5) is 21.9 Å². The lowest BCUT2D eigenvalue weighted by Crippen LogP contribution is -2.19. The molecule has 0 radical (unpaired) electrons. The summed E-state index contributed by atoms with van der Waals surface area (Å²) in [7, 11) is 0. The zero-order chi connectivity index (χ0) is 13.7. The zero-order valence-electron chi connectivity index (χ0n) is 10.8. The third kappa shape index (κ3) is 3.74. The molecule has 98 valence electrons. The highest BCUT2D eigenvalue weighted by Crippen LogP contribution is 2.14. The summed E-state index contributed by atoms with van der Waals surface area (Å²) in [5.74, 6) is 0. The Labute approximate surface area is 112 Å². The van der Waals surface area contributed by atoms with Crippen LogP contribution in [-0.2, 0) is 6.42 Å². The van der Waals surface area contributed by atoms with Crippen LogP contribution in [-0.4, -0.2) is 6.03 Å². The molecule has 19 heavy (non-hydrogen) atoms. The van der Waals surface area contributed by atoms with E-state index in [1.165, 1.54) is 5.56 Å². The number of aryl methyl sites for hydroxylation is 1. The lowest BCUT2D eigenvalue weighted by Gasteiger charge is -2.09. The molecule has 4 nitrogen and oxygen atoms in total. The maximum absolute atomic E-state index is 11.8. The van der Waals surface area contributed by atoms with Gasteiger partial charge < -0.3 is 16.4 Å². The van der Waals surface area contributed by atoms with Gasteiger partial charge in [-0.05, 0) is 42.3 Å². The van der Waals surface area contributed by atoms with E-state index in [2.05, 4.69) is 17.6 Å². The molecule has 0 aliphatic carbocycles. The molecule has 2 rings (SSSR count). The van der Waals surface area contributed by atoms with Crippen molar-refractivity contribution in [1.29, 1.82) is 0 Å². The second-order valence-corrected chi connectivity index (χ2v) is 4.26. The summed E-state index contributed by atoms with van der Waals surface area (Å²) < 4.78 is 0. The molecule has 2 aromatic carbocycles. The van der Waals surface area contributed by atoms with Gasteiger partial charge in [0.1, 0.15) is 0 Å². The zero-order valence-corrected chi connectivity index (χ0v) is 10.8. The van der Waals surface area contributed by atoms with E-state index < -0.39 is 0 Å². The first kappa shape index (κ1) is 13.0. The maximum Gasteiger partial charge on any atom is 0.323 e. The van der Waals surface area contributed by atoms with Gasteiger partial charge in [0.2, 0.25) is 0 Å². The molecular formula is C15H17N3O. The van der Waals surface area contributed by atoms with E-state index in [1.54, 1.807) is 24.3 Å². The van der Waals surface area contributed by atoms with Crippen LogP contribution in [0.25, 0.3) is 0 Å². The first-order chi connectivity index (χ1) is 9.17. The Kier molecular flexibility index (Phi) is 4.03. The van der Waals surface area contributed by atoms with Crippen molar-refractivity contribution < 1.29 is 4.79 Å². The van der Waals surface area contributed by atoms with E-state index >= 15 is 0 Å². The fourth-order valence-electron chi connectivity index (χ4n) is 1.78. The number of urea groups is 1. The molecule has 0 atom stereocenters. The second-order valence-electron chi connectivity index (χ2n) is 4.26.